The summed E-state index contributed by atoms with van der Waals surface area (Å²) in [4.78, 5) is 45.6. The summed E-state index contributed by atoms with van der Waals surface area (Å²) in [5, 5.41) is 0. The molecule has 0 aromatic heterocycles. The number of carbonyl (C=O) groups is 4. The number of methoxy groups -OCH3 is 4. The van der Waals surface area contributed by atoms with Crippen LogP contribution in [0.3, 0.4) is 0 Å². The molecule has 0 fully saturated rings. The van der Waals surface area contributed by atoms with Crippen LogP contribution in [0.1, 0.15) is 0 Å². The summed E-state index contributed by atoms with van der Waals surface area (Å²) in [5.41, 5.74) is -0.979. The first-order valence-electron chi connectivity index (χ1n) is 5.17. The molecule has 0 aromatic rings. The molecule has 0 N–H and O–H groups in total. The summed E-state index contributed by atoms with van der Waals surface area (Å²) in [5.74, 6) is -3.86. The molecule has 8 heteroatoms. The lowest BCUT2D eigenvalue weighted by Gasteiger charge is -2.08. The van der Waals surface area contributed by atoms with Gasteiger partial charge in [0.15, 0.2) is 0 Å². The minimum Gasteiger partial charge on any atom is -0.466 e. The Hall–Kier alpha value is -2.64. The van der Waals surface area contributed by atoms with E-state index in [-0.39, 0.29) is 0 Å². The van der Waals surface area contributed by atoms with Crippen LogP contribution in [0.15, 0.2) is 23.3 Å². The maximum Gasteiger partial charge on any atom is 0.339 e. The van der Waals surface area contributed by atoms with Crippen molar-refractivity contribution in [3.05, 3.63) is 23.3 Å². The average Bonchev–Trinajstić information content (AvgIpc) is 2.48. The molecule has 0 saturated carbocycles. The Morgan fingerprint density at radius 1 is 0.600 bits per heavy atom. The van der Waals surface area contributed by atoms with E-state index in [4.69, 9.17) is 0 Å². The van der Waals surface area contributed by atoms with Crippen LogP contribution >= 0.6 is 0 Å². The number of esters is 4. The zero-order valence-corrected chi connectivity index (χ0v) is 11.4. The van der Waals surface area contributed by atoms with E-state index >= 15 is 0 Å². The summed E-state index contributed by atoms with van der Waals surface area (Å²) < 4.78 is 17.6. The van der Waals surface area contributed by atoms with Crippen molar-refractivity contribution < 1.29 is 38.1 Å². The predicted molar refractivity (Wildman–Crippen MR) is 64.2 cm³/mol. The third kappa shape index (κ3) is 4.92. The molecule has 8 nitrogen and oxygen atoms in total. The van der Waals surface area contributed by atoms with E-state index < -0.39 is 35.0 Å². The van der Waals surface area contributed by atoms with Crippen molar-refractivity contribution >= 4 is 23.9 Å². The third-order valence-electron chi connectivity index (χ3n) is 2.03. The van der Waals surface area contributed by atoms with Crippen molar-refractivity contribution in [2.45, 2.75) is 0 Å². The Kier molecular flexibility index (Phi) is 7.34. The van der Waals surface area contributed by atoms with Crippen LogP contribution in [0.25, 0.3) is 0 Å². The predicted octanol–water partition coefficient (Wildman–Crippen LogP) is -0.469. The molecule has 0 amide bonds. The second-order valence-corrected chi connectivity index (χ2v) is 3.15. The fraction of sp³-hybridized carbons (Fsp3) is 0.333. The van der Waals surface area contributed by atoms with Crippen molar-refractivity contribution in [1.29, 1.82) is 0 Å². The first-order valence-corrected chi connectivity index (χ1v) is 5.17. The molecule has 0 heterocycles. The zero-order valence-electron chi connectivity index (χ0n) is 11.4. The van der Waals surface area contributed by atoms with Crippen molar-refractivity contribution in [1.82, 2.24) is 0 Å². The number of hydrogen-bond donors (Lipinski definition) is 0. The molecule has 0 rings (SSSR count). The Bertz CT molecular complexity index is 428. The van der Waals surface area contributed by atoms with Crippen LogP contribution < -0.4 is 0 Å². The summed E-state index contributed by atoms with van der Waals surface area (Å²) in [7, 11) is 4.24. The molecule has 110 valence electrons. The van der Waals surface area contributed by atoms with Gasteiger partial charge in [-0.15, -0.1) is 0 Å². The van der Waals surface area contributed by atoms with Crippen molar-refractivity contribution in [3.8, 4) is 0 Å². The summed E-state index contributed by atoms with van der Waals surface area (Å²) >= 11 is 0. The minimum absolute atomic E-state index is 0.489. The molecule has 0 aromatic carbocycles. The van der Waals surface area contributed by atoms with Gasteiger partial charge >= 0.3 is 23.9 Å². The monoisotopic (exact) mass is 286 g/mol. The van der Waals surface area contributed by atoms with Gasteiger partial charge in [-0.2, -0.15) is 0 Å². The lowest BCUT2D eigenvalue weighted by molar-refractivity contribution is -0.140. The van der Waals surface area contributed by atoms with Crippen molar-refractivity contribution in [2.24, 2.45) is 0 Å². The molecule has 0 bridgehead atoms. The van der Waals surface area contributed by atoms with Gasteiger partial charge in [0.1, 0.15) is 0 Å². The molecule has 0 aliphatic carbocycles. The van der Waals surface area contributed by atoms with E-state index in [2.05, 4.69) is 18.9 Å². The van der Waals surface area contributed by atoms with Crippen LogP contribution in [0.4, 0.5) is 0 Å². The van der Waals surface area contributed by atoms with Crippen molar-refractivity contribution in [2.75, 3.05) is 28.4 Å². The van der Waals surface area contributed by atoms with Gasteiger partial charge in [-0.3, -0.25) is 0 Å². The highest BCUT2D eigenvalue weighted by molar-refractivity contribution is 6.12. The topological polar surface area (TPSA) is 105 Å². The van der Waals surface area contributed by atoms with Crippen LogP contribution in [-0.4, -0.2) is 52.3 Å². The Balaban J connectivity index is 5.89. The first-order chi connectivity index (χ1) is 9.40. The lowest BCUT2D eigenvalue weighted by Crippen LogP contribution is -2.18. The van der Waals surface area contributed by atoms with Gasteiger partial charge in [-0.25, -0.2) is 19.2 Å². The van der Waals surface area contributed by atoms with Gasteiger partial charge in [-0.05, 0) is 0 Å². The Labute approximate surface area is 114 Å². The van der Waals surface area contributed by atoms with Gasteiger partial charge in [0.25, 0.3) is 0 Å². The van der Waals surface area contributed by atoms with E-state index in [1.54, 1.807) is 0 Å². The summed E-state index contributed by atoms with van der Waals surface area (Å²) in [6, 6.07) is 0. The lowest BCUT2D eigenvalue weighted by atomic mass is 10.1. The molecule has 0 atom stereocenters. The second-order valence-electron chi connectivity index (χ2n) is 3.15. The molecule has 0 radical (unpaired) electrons. The normalized spacial score (nSPS) is 11.4. The summed E-state index contributed by atoms with van der Waals surface area (Å²) in [6.07, 6.45) is 1.41. The number of carbonyl (C=O) groups excluding carboxylic acids is 4. The highest BCUT2D eigenvalue weighted by Gasteiger charge is 2.25. The molecule has 0 spiro atoms. The van der Waals surface area contributed by atoms with Gasteiger partial charge in [0.2, 0.25) is 0 Å². The standard InChI is InChI=1S/C12H14O8/c1-17-9(13)5-7(11(15)19-3)8(12(16)20-4)6-10(14)18-2/h5-6H,1-4H3/b7-5-,8-6+. The SMILES string of the molecule is COC(=O)/C=C(C(=O)OC)/C(=C\C(=O)OC)C(=O)OC. The highest BCUT2D eigenvalue weighted by Crippen LogP contribution is 2.14. The smallest absolute Gasteiger partial charge is 0.339 e. The fourth-order valence-electron chi connectivity index (χ4n) is 1.07. The fourth-order valence-corrected chi connectivity index (χ4v) is 1.07. The number of rotatable bonds is 5. The maximum atomic E-state index is 11.6. The van der Waals surface area contributed by atoms with Gasteiger partial charge in [0, 0.05) is 12.2 Å². The minimum atomic E-state index is -1.02. The molecule has 0 aliphatic heterocycles. The molecule has 20 heavy (non-hydrogen) atoms. The van der Waals surface area contributed by atoms with Gasteiger partial charge in [0.05, 0.1) is 39.6 Å². The number of ether oxygens (including phenoxy) is 4. The van der Waals surface area contributed by atoms with Crippen LogP contribution in [0.5, 0.6) is 0 Å². The van der Waals surface area contributed by atoms with E-state index in [1.165, 1.54) is 0 Å². The van der Waals surface area contributed by atoms with E-state index in [0.717, 1.165) is 28.4 Å². The van der Waals surface area contributed by atoms with Gasteiger partial charge in [-0.1, -0.05) is 0 Å². The molecular formula is C12H14O8. The van der Waals surface area contributed by atoms with Crippen LogP contribution in [0, 0.1) is 0 Å². The highest BCUT2D eigenvalue weighted by atomic mass is 16.5. The van der Waals surface area contributed by atoms with Crippen LogP contribution in [0.2, 0.25) is 0 Å². The first kappa shape index (κ1) is 17.4. The largest absolute Gasteiger partial charge is 0.466 e. The second kappa shape index (κ2) is 8.46. The van der Waals surface area contributed by atoms with E-state index in [9.17, 15) is 19.2 Å². The third-order valence-corrected chi connectivity index (χ3v) is 2.03. The van der Waals surface area contributed by atoms with Crippen molar-refractivity contribution in [3.63, 3.8) is 0 Å². The zero-order chi connectivity index (χ0) is 15.7. The van der Waals surface area contributed by atoms with Crippen LogP contribution in [-0.2, 0) is 38.1 Å². The summed E-state index contributed by atoms with van der Waals surface area (Å²) in [6.45, 7) is 0. The number of hydrogen-bond acceptors (Lipinski definition) is 8. The molecule has 0 unspecified atom stereocenters. The average molecular weight is 286 g/mol. The van der Waals surface area contributed by atoms with Gasteiger partial charge < -0.3 is 18.9 Å². The Morgan fingerprint density at radius 3 is 1.10 bits per heavy atom. The maximum absolute atomic E-state index is 11.6. The van der Waals surface area contributed by atoms with E-state index in [0.29, 0.717) is 12.2 Å². The van der Waals surface area contributed by atoms with E-state index in [1.807, 2.05) is 0 Å². The molecular weight excluding hydrogens is 272 g/mol. The Morgan fingerprint density at radius 2 is 0.900 bits per heavy atom. The molecule has 0 aliphatic rings. The molecule has 0 saturated heterocycles. The quantitative estimate of drug-likeness (QED) is 0.289.